The van der Waals surface area contributed by atoms with Crippen molar-refractivity contribution in [2.75, 3.05) is 5.32 Å². The summed E-state index contributed by atoms with van der Waals surface area (Å²) >= 11 is 3.30. The fourth-order valence-electron chi connectivity index (χ4n) is 2.48. The minimum atomic E-state index is -0.513. The lowest BCUT2D eigenvalue weighted by Gasteiger charge is -2.09. The number of carbonyl (C=O) groups is 1. The molecule has 1 amide bonds. The number of carbonyl (C=O) groups excluding carboxylic acids is 1. The minimum absolute atomic E-state index is 0.0859. The van der Waals surface area contributed by atoms with E-state index in [-0.39, 0.29) is 23.5 Å². The molecule has 1 heterocycles. The molecule has 1 N–H and O–H groups in total. The number of hydrogen-bond donors (Lipinski definition) is 1. The number of benzene rings is 2. The number of amides is 1. The van der Waals surface area contributed by atoms with Crippen LogP contribution in [0.4, 0.5) is 11.4 Å². The van der Waals surface area contributed by atoms with Crippen molar-refractivity contribution in [3.05, 3.63) is 73.2 Å². The van der Waals surface area contributed by atoms with E-state index in [9.17, 15) is 19.7 Å². The molecule has 0 unspecified atom stereocenters. The average Bonchev–Trinajstić information content (AvgIpc) is 2.59. The highest BCUT2D eigenvalue weighted by Crippen LogP contribution is 2.22. The highest BCUT2D eigenvalue weighted by molar-refractivity contribution is 9.10. The zero-order valence-electron chi connectivity index (χ0n) is 13.6. The van der Waals surface area contributed by atoms with Crippen LogP contribution in [0, 0.1) is 17.0 Å². The van der Waals surface area contributed by atoms with Crippen LogP contribution < -0.4 is 10.9 Å². The molecule has 8 nitrogen and oxygen atoms in total. The van der Waals surface area contributed by atoms with Crippen LogP contribution in [0.2, 0.25) is 0 Å². The Balaban J connectivity index is 1.84. The van der Waals surface area contributed by atoms with Crippen LogP contribution in [0.15, 0.2) is 52.0 Å². The number of halogens is 1. The van der Waals surface area contributed by atoms with Crippen molar-refractivity contribution >= 4 is 44.1 Å². The van der Waals surface area contributed by atoms with Crippen LogP contribution in [-0.4, -0.2) is 20.4 Å². The standard InChI is InChI=1S/C17H13BrN4O4/c1-10-2-4-12(7-15(10)22(25)26)20-16(23)8-21-9-19-14-5-3-11(18)6-13(14)17(21)24/h2-7,9H,8H2,1H3,(H,20,23). The fourth-order valence-corrected chi connectivity index (χ4v) is 2.84. The fraction of sp³-hybridized carbons (Fsp3) is 0.118. The molecular weight excluding hydrogens is 404 g/mol. The minimum Gasteiger partial charge on any atom is -0.324 e. The second-order valence-electron chi connectivity index (χ2n) is 5.65. The van der Waals surface area contributed by atoms with Crippen molar-refractivity contribution in [3.63, 3.8) is 0 Å². The Kier molecular flexibility index (Phi) is 4.81. The summed E-state index contributed by atoms with van der Waals surface area (Å²) in [7, 11) is 0. The number of anilines is 1. The van der Waals surface area contributed by atoms with Gasteiger partial charge in [-0.05, 0) is 31.2 Å². The van der Waals surface area contributed by atoms with Crippen molar-refractivity contribution in [1.82, 2.24) is 9.55 Å². The summed E-state index contributed by atoms with van der Waals surface area (Å²) in [4.78, 5) is 39.3. The number of nitro groups is 1. The summed E-state index contributed by atoms with van der Waals surface area (Å²) in [5.41, 5.74) is 0.882. The van der Waals surface area contributed by atoms with E-state index >= 15 is 0 Å². The predicted molar refractivity (Wildman–Crippen MR) is 100 cm³/mol. The van der Waals surface area contributed by atoms with E-state index in [1.165, 1.54) is 17.0 Å². The van der Waals surface area contributed by atoms with Crippen LogP contribution in [0.5, 0.6) is 0 Å². The summed E-state index contributed by atoms with van der Waals surface area (Å²) in [6, 6.07) is 9.52. The monoisotopic (exact) mass is 416 g/mol. The van der Waals surface area contributed by atoms with Crippen LogP contribution in [-0.2, 0) is 11.3 Å². The molecule has 0 aliphatic carbocycles. The Morgan fingerprint density at radius 1 is 1.31 bits per heavy atom. The molecule has 1 aromatic heterocycles. The third-order valence-electron chi connectivity index (χ3n) is 3.79. The van der Waals surface area contributed by atoms with Gasteiger partial charge in [-0.3, -0.25) is 24.3 Å². The van der Waals surface area contributed by atoms with Gasteiger partial charge in [-0.2, -0.15) is 0 Å². The Labute approximate surface area is 155 Å². The van der Waals surface area contributed by atoms with Crippen molar-refractivity contribution in [1.29, 1.82) is 0 Å². The van der Waals surface area contributed by atoms with Gasteiger partial charge >= 0.3 is 0 Å². The number of rotatable bonds is 4. The van der Waals surface area contributed by atoms with E-state index in [2.05, 4.69) is 26.2 Å². The molecule has 0 saturated heterocycles. The van der Waals surface area contributed by atoms with E-state index in [1.807, 2.05) is 0 Å². The zero-order chi connectivity index (χ0) is 18.8. The van der Waals surface area contributed by atoms with Crippen LogP contribution in [0.25, 0.3) is 10.9 Å². The third-order valence-corrected chi connectivity index (χ3v) is 4.28. The molecule has 0 atom stereocenters. The average molecular weight is 417 g/mol. The zero-order valence-corrected chi connectivity index (χ0v) is 15.2. The first-order chi connectivity index (χ1) is 12.3. The van der Waals surface area contributed by atoms with Gasteiger partial charge in [0.25, 0.3) is 11.2 Å². The highest BCUT2D eigenvalue weighted by Gasteiger charge is 2.13. The summed E-state index contributed by atoms with van der Waals surface area (Å²) in [5, 5.41) is 13.9. The molecule has 26 heavy (non-hydrogen) atoms. The largest absolute Gasteiger partial charge is 0.324 e. The maximum Gasteiger partial charge on any atom is 0.274 e. The van der Waals surface area contributed by atoms with Gasteiger partial charge in [-0.25, -0.2) is 4.98 Å². The van der Waals surface area contributed by atoms with E-state index in [4.69, 9.17) is 0 Å². The normalized spacial score (nSPS) is 10.7. The molecule has 132 valence electrons. The summed E-state index contributed by atoms with van der Waals surface area (Å²) in [6.07, 6.45) is 1.30. The van der Waals surface area contributed by atoms with E-state index < -0.39 is 10.8 Å². The summed E-state index contributed by atoms with van der Waals surface area (Å²) < 4.78 is 1.92. The topological polar surface area (TPSA) is 107 Å². The lowest BCUT2D eigenvalue weighted by Crippen LogP contribution is -2.27. The van der Waals surface area contributed by atoms with E-state index in [0.29, 0.717) is 16.5 Å². The van der Waals surface area contributed by atoms with Gasteiger partial charge in [0.1, 0.15) is 6.54 Å². The number of hydrogen-bond acceptors (Lipinski definition) is 5. The lowest BCUT2D eigenvalue weighted by atomic mass is 10.2. The van der Waals surface area contributed by atoms with Gasteiger partial charge in [0, 0.05) is 21.8 Å². The molecule has 0 spiro atoms. The number of nitrogens with zero attached hydrogens (tertiary/aromatic N) is 3. The lowest BCUT2D eigenvalue weighted by molar-refractivity contribution is -0.385. The van der Waals surface area contributed by atoms with E-state index in [0.717, 1.165) is 4.47 Å². The second kappa shape index (κ2) is 7.04. The van der Waals surface area contributed by atoms with Crippen LogP contribution in [0.3, 0.4) is 0 Å². The van der Waals surface area contributed by atoms with Gasteiger partial charge in [0.05, 0.1) is 22.2 Å². The Bertz CT molecular complexity index is 1090. The molecule has 0 radical (unpaired) electrons. The molecule has 0 bridgehead atoms. The Morgan fingerprint density at radius 2 is 2.08 bits per heavy atom. The maximum atomic E-state index is 12.5. The second-order valence-corrected chi connectivity index (χ2v) is 6.56. The molecule has 2 aromatic carbocycles. The van der Waals surface area contributed by atoms with Gasteiger partial charge in [0.2, 0.25) is 5.91 Å². The molecule has 9 heteroatoms. The Hall–Kier alpha value is -3.07. The molecule has 0 fully saturated rings. The molecule has 0 saturated carbocycles. The van der Waals surface area contributed by atoms with Crippen LogP contribution >= 0.6 is 15.9 Å². The Morgan fingerprint density at radius 3 is 2.81 bits per heavy atom. The molecule has 3 rings (SSSR count). The van der Waals surface area contributed by atoms with Gasteiger partial charge < -0.3 is 5.32 Å². The first kappa shape index (κ1) is 17.7. The van der Waals surface area contributed by atoms with Crippen LogP contribution in [0.1, 0.15) is 5.56 Å². The molecular formula is C17H13BrN4O4. The maximum absolute atomic E-state index is 12.5. The summed E-state index contributed by atoms with van der Waals surface area (Å²) in [5.74, 6) is -0.485. The number of aryl methyl sites for hydroxylation is 1. The first-order valence-corrected chi connectivity index (χ1v) is 8.34. The third kappa shape index (κ3) is 3.62. The van der Waals surface area contributed by atoms with Gasteiger partial charge in [-0.15, -0.1) is 0 Å². The van der Waals surface area contributed by atoms with Crippen molar-refractivity contribution in [2.45, 2.75) is 13.5 Å². The predicted octanol–water partition coefficient (Wildman–Crippen LogP) is 3.01. The number of fused-ring (bicyclic) bond motifs is 1. The first-order valence-electron chi connectivity index (χ1n) is 7.55. The van der Waals surface area contributed by atoms with Gasteiger partial charge in [0.15, 0.2) is 0 Å². The smallest absolute Gasteiger partial charge is 0.274 e. The number of nitro benzene ring substituents is 1. The number of nitrogens with one attached hydrogen (secondary N) is 1. The number of aromatic nitrogens is 2. The molecule has 0 aliphatic rings. The van der Waals surface area contributed by atoms with Crippen molar-refractivity contribution < 1.29 is 9.72 Å². The molecule has 3 aromatic rings. The van der Waals surface area contributed by atoms with Crippen molar-refractivity contribution in [2.24, 2.45) is 0 Å². The highest BCUT2D eigenvalue weighted by atomic mass is 79.9. The van der Waals surface area contributed by atoms with Gasteiger partial charge in [-0.1, -0.05) is 22.0 Å². The summed E-state index contributed by atoms with van der Waals surface area (Å²) in [6.45, 7) is 1.36. The SMILES string of the molecule is Cc1ccc(NC(=O)Cn2cnc3ccc(Br)cc3c2=O)cc1[N+](=O)[O-]. The van der Waals surface area contributed by atoms with E-state index in [1.54, 1.807) is 37.3 Å². The molecule has 0 aliphatic heterocycles. The van der Waals surface area contributed by atoms with Crippen molar-refractivity contribution in [3.8, 4) is 0 Å². The quantitative estimate of drug-likeness (QED) is 0.519.